The van der Waals surface area contributed by atoms with Crippen molar-refractivity contribution >= 4 is 28.9 Å². The number of benzene rings is 1. The molecule has 140 valence electrons. The fourth-order valence-electron chi connectivity index (χ4n) is 2.11. The monoisotopic (exact) mass is 386 g/mol. The van der Waals surface area contributed by atoms with Gasteiger partial charge in [-0.2, -0.15) is 13.2 Å². The summed E-state index contributed by atoms with van der Waals surface area (Å²) in [5.41, 5.74) is -0.137. The number of halogens is 4. The SMILES string of the molecule is CN(C)CCNc1cncc(C(=O)Nc2ccc(Cl)c(C(F)(F)F)c2)c1. The van der Waals surface area contributed by atoms with Gasteiger partial charge in [-0.25, -0.2) is 0 Å². The molecule has 2 N–H and O–H groups in total. The predicted molar refractivity (Wildman–Crippen MR) is 95.7 cm³/mol. The molecular weight excluding hydrogens is 369 g/mol. The van der Waals surface area contributed by atoms with Crippen LogP contribution in [0.3, 0.4) is 0 Å². The summed E-state index contributed by atoms with van der Waals surface area (Å²) in [4.78, 5) is 18.3. The van der Waals surface area contributed by atoms with Gasteiger partial charge in [0.2, 0.25) is 0 Å². The summed E-state index contributed by atoms with van der Waals surface area (Å²) in [6, 6.07) is 4.78. The number of anilines is 2. The van der Waals surface area contributed by atoms with Gasteiger partial charge in [-0.3, -0.25) is 9.78 Å². The number of likely N-dealkylation sites (N-methyl/N-ethyl adjacent to an activating group) is 1. The molecule has 0 saturated heterocycles. The first-order valence-corrected chi connectivity index (χ1v) is 8.06. The van der Waals surface area contributed by atoms with Gasteiger partial charge >= 0.3 is 6.18 Å². The van der Waals surface area contributed by atoms with Gasteiger partial charge in [0.25, 0.3) is 5.91 Å². The maximum Gasteiger partial charge on any atom is 0.417 e. The molecular formula is C17H18ClF3N4O. The van der Waals surface area contributed by atoms with Gasteiger partial charge in [0, 0.05) is 31.2 Å². The van der Waals surface area contributed by atoms with Gasteiger partial charge < -0.3 is 15.5 Å². The lowest BCUT2D eigenvalue weighted by Gasteiger charge is -2.13. The Morgan fingerprint density at radius 3 is 2.58 bits per heavy atom. The second-order valence-electron chi connectivity index (χ2n) is 5.84. The van der Waals surface area contributed by atoms with Crippen LogP contribution in [0.4, 0.5) is 24.5 Å². The molecule has 1 aromatic heterocycles. The number of hydrogen-bond acceptors (Lipinski definition) is 4. The highest BCUT2D eigenvalue weighted by atomic mass is 35.5. The van der Waals surface area contributed by atoms with Gasteiger partial charge in [-0.05, 0) is 38.4 Å². The number of carbonyl (C=O) groups excluding carboxylic acids is 1. The van der Waals surface area contributed by atoms with E-state index in [1.807, 2.05) is 19.0 Å². The molecule has 0 fully saturated rings. The van der Waals surface area contributed by atoms with Crippen molar-refractivity contribution in [2.75, 3.05) is 37.8 Å². The van der Waals surface area contributed by atoms with Gasteiger partial charge in [0.1, 0.15) is 0 Å². The van der Waals surface area contributed by atoms with E-state index in [0.29, 0.717) is 12.2 Å². The lowest BCUT2D eigenvalue weighted by atomic mass is 10.1. The molecule has 2 rings (SSSR count). The number of aromatic nitrogens is 1. The first-order valence-electron chi connectivity index (χ1n) is 7.68. The van der Waals surface area contributed by atoms with Gasteiger partial charge in [-0.15, -0.1) is 0 Å². The molecule has 0 bridgehead atoms. The van der Waals surface area contributed by atoms with Crippen LogP contribution in [-0.4, -0.2) is 43.0 Å². The van der Waals surface area contributed by atoms with Crippen LogP contribution in [0.25, 0.3) is 0 Å². The van der Waals surface area contributed by atoms with Crippen LogP contribution in [0.2, 0.25) is 5.02 Å². The molecule has 0 aliphatic rings. The van der Waals surface area contributed by atoms with Crippen LogP contribution in [0.15, 0.2) is 36.7 Å². The number of nitrogens with one attached hydrogen (secondary N) is 2. The fraction of sp³-hybridized carbons (Fsp3) is 0.294. The Labute approximate surface area is 154 Å². The second kappa shape index (κ2) is 8.37. The largest absolute Gasteiger partial charge is 0.417 e. The fourth-order valence-corrected chi connectivity index (χ4v) is 2.33. The summed E-state index contributed by atoms with van der Waals surface area (Å²) in [6.45, 7) is 1.45. The third-order valence-electron chi connectivity index (χ3n) is 3.42. The first-order chi connectivity index (χ1) is 12.2. The molecule has 1 heterocycles. The molecule has 0 radical (unpaired) electrons. The zero-order chi connectivity index (χ0) is 19.3. The minimum atomic E-state index is -4.60. The van der Waals surface area contributed by atoms with E-state index in [0.717, 1.165) is 18.7 Å². The first kappa shape index (κ1) is 20.0. The van der Waals surface area contributed by atoms with Crippen molar-refractivity contribution in [1.29, 1.82) is 0 Å². The van der Waals surface area contributed by atoms with Crippen molar-refractivity contribution in [2.24, 2.45) is 0 Å². The van der Waals surface area contributed by atoms with E-state index < -0.39 is 22.7 Å². The van der Waals surface area contributed by atoms with Crippen LogP contribution in [0, 0.1) is 0 Å². The maximum atomic E-state index is 12.9. The average Bonchev–Trinajstić information content (AvgIpc) is 2.55. The van der Waals surface area contributed by atoms with Crippen molar-refractivity contribution in [1.82, 2.24) is 9.88 Å². The van der Waals surface area contributed by atoms with Crippen LogP contribution < -0.4 is 10.6 Å². The molecule has 1 amide bonds. The lowest BCUT2D eigenvalue weighted by Crippen LogP contribution is -2.21. The third kappa shape index (κ3) is 5.60. The van der Waals surface area contributed by atoms with Crippen molar-refractivity contribution in [3.63, 3.8) is 0 Å². The summed E-state index contributed by atoms with van der Waals surface area (Å²) in [5.74, 6) is -0.566. The molecule has 0 saturated carbocycles. The number of nitrogens with zero attached hydrogens (tertiary/aromatic N) is 2. The summed E-state index contributed by atoms with van der Waals surface area (Å²) < 4.78 is 38.7. The summed E-state index contributed by atoms with van der Waals surface area (Å²) in [6.07, 6.45) is -1.70. The number of amides is 1. The van der Waals surface area contributed by atoms with Crippen molar-refractivity contribution in [3.8, 4) is 0 Å². The Morgan fingerprint density at radius 2 is 1.92 bits per heavy atom. The predicted octanol–water partition coefficient (Wildman–Crippen LogP) is 3.98. The molecule has 0 aliphatic heterocycles. The topological polar surface area (TPSA) is 57.3 Å². The Morgan fingerprint density at radius 1 is 1.19 bits per heavy atom. The zero-order valence-corrected chi connectivity index (χ0v) is 14.9. The molecule has 26 heavy (non-hydrogen) atoms. The molecule has 5 nitrogen and oxygen atoms in total. The van der Waals surface area contributed by atoms with Gasteiger partial charge in [-0.1, -0.05) is 11.6 Å². The van der Waals surface area contributed by atoms with Crippen molar-refractivity contribution in [2.45, 2.75) is 6.18 Å². The second-order valence-corrected chi connectivity index (χ2v) is 6.25. The highest BCUT2D eigenvalue weighted by Gasteiger charge is 2.33. The Kier molecular flexibility index (Phi) is 6.44. The molecule has 0 atom stereocenters. The zero-order valence-electron chi connectivity index (χ0n) is 14.2. The number of pyridine rings is 1. The quantitative estimate of drug-likeness (QED) is 0.788. The van der Waals surface area contributed by atoms with Crippen molar-refractivity contribution in [3.05, 3.63) is 52.8 Å². The minimum Gasteiger partial charge on any atom is -0.382 e. The maximum absolute atomic E-state index is 12.9. The molecule has 2 aromatic rings. The molecule has 0 aliphatic carbocycles. The van der Waals surface area contributed by atoms with Crippen LogP contribution in [-0.2, 0) is 6.18 Å². The van der Waals surface area contributed by atoms with E-state index in [1.54, 1.807) is 12.3 Å². The van der Waals surface area contributed by atoms with E-state index in [4.69, 9.17) is 11.6 Å². The van der Waals surface area contributed by atoms with Crippen LogP contribution in [0.5, 0.6) is 0 Å². The van der Waals surface area contributed by atoms with Crippen molar-refractivity contribution < 1.29 is 18.0 Å². The van der Waals surface area contributed by atoms with E-state index in [2.05, 4.69) is 15.6 Å². The van der Waals surface area contributed by atoms with Crippen LogP contribution >= 0.6 is 11.6 Å². The number of carbonyl (C=O) groups is 1. The highest BCUT2D eigenvalue weighted by molar-refractivity contribution is 6.31. The summed E-state index contributed by atoms with van der Waals surface area (Å²) in [5, 5.41) is 5.12. The average molecular weight is 387 g/mol. The number of rotatable bonds is 6. The summed E-state index contributed by atoms with van der Waals surface area (Å²) in [7, 11) is 3.87. The summed E-state index contributed by atoms with van der Waals surface area (Å²) >= 11 is 5.57. The Balaban J connectivity index is 2.10. The molecule has 9 heteroatoms. The van der Waals surface area contributed by atoms with Gasteiger partial charge in [0.15, 0.2) is 0 Å². The number of alkyl halides is 3. The minimum absolute atomic E-state index is 0.00213. The van der Waals surface area contributed by atoms with E-state index in [-0.39, 0.29) is 11.3 Å². The van der Waals surface area contributed by atoms with E-state index in [9.17, 15) is 18.0 Å². The van der Waals surface area contributed by atoms with E-state index >= 15 is 0 Å². The molecule has 0 spiro atoms. The third-order valence-corrected chi connectivity index (χ3v) is 3.75. The lowest BCUT2D eigenvalue weighted by molar-refractivity contribution is -0.137. The smallest absolute Gasteiger partial charge is 0.382 e. The number of hydrogen-bond donors (Lipinski definition) is 2. The standard InChI is InChI=1S/C17H18ClF3N4O/c1-25(2)6-5-23-13-7-11(9-22-10-13)16(26)24-12-3-4-15(18)14(8-12)17(19,20)21/h3-4,7-10,23H,5-6H2,1-2H3,(H,24,26). The van der Waals surface area contributed by atoms with E-state index in [1.165, 1.54) is 12.3 Å². The molecule has 0 unspecified atom stereocenters. The Hall–Kier alpha value is -2.32. The normalized spacial score (nSPS) is 11.5. The van der Waals surface area contributed by atoms with Gasteiger partial charge in [0.05, 0.1) is 21.8 Å². The van der Waals surface area contributed by atoms with Crippen LogP contribution in [0.1, 0.15) is 15.9 Å². The highest BCUT2D eigenvalue weighted by Crippen LogP contribution is 2.36. The Bertz CT molecular complexity index is 781. The molecule has 1 aromatic carbocycles.